The molecule has 0 spiro atoms. The van der Waals surface area contributed by atoms with Crippen LogP contribution in [0.4, 0.5) is 0 Å². The van der Waals surface area contributed by atoms with Crippen molar-refractivity contribution in [1.29, 1.82) is 0 Å². The van der Waals surface area contributed by atoms with Gasteiger partial charge >= 0.3 is 51.4 Å². The first-order valence-corrected chi connectivity index (χ1v) is 3.23. The average Bonchev–Trinajstić information content (AvgIpc) is 1.30. The van der Waals surface area contributed by atoms with Gasteiger partial charge in [-0.2, -0.15) is 8.42 Å². The van der Waals surface area contributed by atoms with Crippen LogP contribution in [0.15, 0.2) is 0 Å². The van der Waals surface area contributed by atoms with Gasteiger partial charge in [0.1, 0.15) is 0 Å². The standard InChI is InChI=1S/C2H6O4S.K.H/c3-1-2-7(4,5)6;;/h3H,1-2H2,(H,4,5,6);;/q;+1;-1. The summed E-state index contributed by atoms with van der Waals surface area (Å²) < 4.78 is 27.1. The van der Waals surface area contributed by atoms with E-state index in [1.54, 1.807) is 0 Å². The fraction of sp³-hybridized carbons (Fsp3) is 1.00. The molecule has 4 nitrogen and oxygen atoms in total. The van der Waals surface area contributed by atoms with Crippen LogP contribution in [-0.4, -0.2) is 30.4 Å². The van der Waals surface area contributed by atoms with Crippen LogP contribution in [0.5, 0.6) is 0 Å². The second kappa shape index (κ2) is 5.30. The Morgan fingerprint density at radius 3 is 1.88 bits per heavy atom. The summed E-state index contributed by atoms with van der Waals surface area (Å²) >= 11 is 0. The van der Waals surface area contributed by atoms with E-state index in [4.69, 9.17) is 9.66 Å². The Hall–Kier alpha value is 1.51. The van der Waals surface area contributed by atoms with E-state index in [9.17, 15) is 8.42 Å². The van der Waals surface area contributed by atoms with Gasteiger partial charge in [0.15, 0.2) is 0 Å². The van der Waals surface area contributed by atoms with E-state index >= 15 is 0 Å². The molecule has 2 N–H and O–H groups in total. The number of rotatable bonds is 2. The fourth-order valence-electron chi connectivity index (χ4n) is 0.115. The molecule has 0 radical (unpaired) electrons. The smallest absolute Gasteiger partial charge is 1.00 e. The predicted molar refractivity (Wildman–Crippen MR) is 24.6 cm³/mol. The van der Waals surface area contributed by atoms with E-state index in [2.05, 4.69) is 0 Å². The van der Waals surface area contributed by atoms with Crippen molar-refractivity contribution in [3.8, 4) is 0 Å². The summed E-state index contributed by atoms with van der Waals surface area (Å²) in [5.74, 6) is -0.576. The average molecular weight is 166 g/mol. The molecule has 8 heavy (non-hydrogen) atoms. The Kier molecular flexibility index (Phi) is 8.09. The molecule has 46 valence electrons. The zero-order valence-electron chi connectivity index (χ0n) is 5.53. The zero-order chi connectivity index (χ0) is 5.91. The molecule has 0 aliphatic heterocycles. The van der Waals surface area contributed by atoms with Crippen LogP contribution in [-0.2, 0) is 10.1 Å². The maximum atomic E-state index is 9.63. The van der Waals surface area contributed by atoms with Gasteiger partial charge in [-0.1, -0.05) is 0 Å². The van der Waals surface area contributed by atoms with Gasteiger partial charge in [0, 0.05) is 0 Å². The minimum Gasteiger partial charge on any atom is -1.00 e. The van der Waals surface area contributed by atoms with Crippen LogP contribution in [0.1, 0.15) is 1.43 Å². The Labute approximate surface area is 91.9 Å². The first-order valence-electron chi connectivity index (χ1n) is 1.62. The molecular formula is C2H7KO4S. The van der Waals surface area contributed by atoms with Gasteiger partial charge in [-0.15, -0.1) is 0 Å². The summed E-state index contributed by atoms with van der Waals surface area (Å²) in [4.78, 5) is 0. The summed E-state index contributed by atoms with van der Waals surface area (Å²) in [6, 6.07) is 0. The molecule has 0 aromatic carbocycles. The van der Waals surface area contributed by atoms with Crippen molar-refractivity contribution >= 4 is 10.1 Å². The molecule has 0 saturated carbocycles. The molecule has 0 unspecified atom stereocenters. The first-order chi connectivity index (χ1) is 3.06. The zero-order valence-corrected chi connectivity index (χ0v) is 8.47. The summed E-state index contributed by atoms with van der Waals surface area (Å²) in [7, 11) is -3.92. The van der Waals surface area contributed by atoms with Crippen molar-refractivity contribution in [2.75, 3.05) is 12.4 Å². The monoisotopic (exact) mass is 166 g/mol. The van der Waals surface area contributed by atoms with Crippen LogP contribution < -0.4 is 51.4 Å². The third-order valence-corrected chi connectivity index (χ3v) is 1.05. The minimum atomic E-state index is -3.92. The molecule has 0 aliphatic rings. The van der Waals surface area contributed by atoms with Crippen LogP contribution >= 0.6 is 0 Å². The Morgan fingerprint density at radius 1 is 1.50 bits per heavy atom. The first kappa shape index (κ1) is 12.2. The number of aliphatic hydroxyl groups is 1. The van der Waals surface area contributed by atoms with Gasteiger partial charge in [-0.05, 0) is 0 Å². The van der Waals surface area contributed by atoms with E-state index < -0.39 is 22.5 Å². The molecule has 0 aromatic rings. The van der Waals surface area contributed by atoms with Crippen molar-refractivity contribution in [3.05, 3.63) is 0 Å². The van der Waals surface area contributed by atoms with E-state index in [0.29, 0.717) is 0 Å². The van der Waals surface area contributed by atoms with Gasteiger partial charge in [0.2, 0.25) is 0 Å². The van der Waals surface area contributed by atoms with E-state index in [1.165, 1.54) is 0 Å². The quantitative estimate of drug-likeness (QED) is 0.324. The van der Waals surface area contributed by atoms with Gasteiger partial charge in [-0.25, -0.2) is 0 Å². The molecule has 0 rings (SSSR count). The Balaban J connectivity index is -0.000000180. The molecule has 0 bridgehead atoms. The van der Waals surface area contributed by atoms with Gasteiger partial charge < -0.3 is 6.53 Å². The largest absolute Gasteiger partial charge is 1.00 e. The minimum absolute atomic E-state index is 0. The normalized spacial score (nSPS) is 10.2. The van der Waals surface area contributed by atoms with Crippen LogP contribution in [0.2, 0.25) is 0 Å². The molecular weight excluding hydrogens is 159 g/mol. The predicted octanol–water partition coefficient (Wildman–Crippen LogP) is -4.02. The summed E-state index contributed by atoms with van der Waals surface area (Å²) in [5.41, 5.74) is 0. The topological polar surface area (TPSA) is 74.6 Å². The molecule has 6 heteroatoms. The Bertz CT molecular complexity index is 132. The SMILES string of the molecule is O=S(=O)(O)CCO.[H-].[K+]. The van der Waals surface area contributed by atoms with Crippen molar-refractivity contribution in [3.63, 3.8) is 0 Å². The maximum Gasteiger partial charge on any atom is 1.00 e. The van der Waals surface area contributed by atoms with Crippen LogP contribution in [0.3, 0.4) is 0 Å². The molecule has 0 aromatic heterocycles. The number of aliphatic hydroxyl groups excluding tert-OH is 1. The summed E-state index contributed by atoms with van der Waals surface area (Å²) in [5, 5.41) is 7.86. The van der Waals surface area contributed by atoms with Gasteiger partial charge in [0.25, 0.3) is 10.1 Å². The second-order valence-corrected chi connectivity index (χ2v) is 2.58. The summed E-state index contributed by atoms with van der Waals surface area (Å²) in [6.07, 6.45) is 0. The Morgan fingerprint density at radius 2 is 1.88 bits per heavy atom. The van der Waals surface area contributed by atoms with Gasteiger partial charge in [-0.3, -0.25) is 4.55 Å². The van der Waals surface area contributed by atoms with Crippen molar-refractivity contribution in [2.24, 2.45) is 0 Å². The third-order valence-electron chi connectivity index (χ3n) is 0.349. The van der Waals surface area contributed by atoms with E-state index in [1.807, 2.05) is 0 Å². The molecule has 0 atom stereocenters. The number of hydrogen-bond donors (Lipinski definition) is 2. The fourth-order valence-corrected chi connectivity index (χ4v) is 0.346. The number of hydrogen-bond acceptors (Lipinski definition) is 3. The van der Waals surface area contributed by atoms with E-state index in [-0.39, 0.29) is 52.8 Å². The molecule has 0 heterocycles. The van der Waals surface area contributed by atoms with Crippen molar-refractivity contribution in [2.45, 2.75) is 0 Å². The van der Waals surface area contributed by atoms with Crippen LogP contribution in [0.25, 0.3) is 0 Å². The van der Waals surface area contributed by atoms with E-state index in [0.717, 1.165) is 0 Å². The maximum absolute atomic E-state index is 9.63. The molecule has 0 fully saturated rings. The van der Waals surface area contributed by atoms with Crippen LogP contribution in [0, 0.1) is 0 Å². The third kappa shape index (κ3) is 10.5. The molecule has 0 aliphatic carbocycles. The van der Waals surface area contributed by atoms with Crippen molar-refractivity contribution in [1.82, 2.24) is 0 Å². The van der Waals surface area contributed by atoms with Gasteiger partial charge in [0.05, 0.1) is 12.4 Å². The second-order valence-electron chi connectivity index (χ2n) is 1.01. The summed E-state index contributed by atoms with van der Waals surface area (Å²) in [6.45, 7) is -0.529. The molecule has 0 saturated heterocycles. The molecule has 0 amide bonds. The van der Waals surface area contributed by atoms with Crippen molar-refractivity contribution < 1.29 is 70.9 Å².